The average Bonchev–Trinajstić information content (AvgIpc) is 2.14. The number of nitrogens with zero attached hydrogens (tertiary/aromatic N) is 1. The van der Waals surface area contributed by atoms with Gasteiger partial charge in [-0.2, -0.15) is 0 Å². The summed E-state index contributed by atoms with van der Waals surface area (Å²) in [5.41, 5.74) is 11.2. The van der Waals surface area contributed by atoms with Gasteiger partial charge in [0, 0.05) is 0 Å². The highest BCUT2D eigenvalue weighted by Gasteiger charge is 2.29. The molecule has 0 unspecified atom stereocenters. The normalized spacial score (nSPS) is 10.6. The van der Waals surface area contributed by atoms with Crippen LogP contribution in [0.1, 0.15) is 31.9 Å². The van der Waals surface area contributed by atoms with Gasteiger partial charge in [0.25, 0.3) is 0 Å². The Bertz CT molecular complexity index is 495. The van der Waals surface area contributed by atoms with E-state index in [0.29, 0.717) is 5.56 Å². The van der Waals surface area contributed by atoms with Crippen LogP contribution >= 0.6 is 12.4 Å². The van der Waals surface area contributed by atoms with E-state index >= 15 is 0 Å². The molecule has 0 atom stereocenters. The van der Waals surface area contributed by atoms with Crippen molar-refractivity contribution in [3.05, 3.63) is 33.4 Å². The number of nitrogen functional groups attached to an aromatic ring is 2. The molecule has 0 radical (unpaired) electrons. The van der Waals surface area contributed by atoms with Crippen LogP contribution in [0.2, 0.25) is 0 Å². The van der Waals surface area contributed by atoms with E-state index in [-0.39, 0.29) is 40.6 Å². The third-order valence-electron chi connectivity index (χ3n) is 2.47. The predicted octanol–water partition coefficient (Wildman–Crippen LogP) is 2.18. The number of anilines is 1. The molecule has 0 saturated carbocycles. The number of nitrogens with one attached hydrogen (secondary N) is 1. The molecular formula is C11H17ClN4O2. The molecule has 0 aliphatic carbocycles. The molecule has 5 N–H and O–H groups in total. The number of amidine groups is 1. The fourth-order valence-corrected chi connectivity index (χ4v) is 1.70. The fraction of sp³-hybridized carbons (Fsp3) is 0.364. The zero-order valence-corrected chi connectivity index (χ0v) is 11.3. The van der Waals surface area contributed by atoms with Gasteiger partial charge >= 0.3 is 5.69 Å². The molecule has 0 aromatic heterocycles. The van der Waals surface area contributed by atoms with Gasteiger partial charge in [0.1, 0.15) is 11.5 Å². The molecule has 0 bridgehead atoms. The summed E-state index contributed by atoms with van der Waals surface area (Å²) >= 11 is 0. The highest BCUT2D eigenvalue weighted by molar-refractivity contribution is 6.02. The van der Waals surface area contributed by atoms with Crippen LogP contribution in [0.5, 0.6) is 0 Å². The van der Waals surface area contributed by atoms with Gasteiger partial charge in [-0.15, -0.1) is 12.4 Å². The molecule has 0 aliphatic heterocycles. The minimum atomic E-state index is -0.596. The Labute approximate surface area is 111 Å². The van der Waals surface area contributed by atoms with Crippen molar-refractivity contribution in [1.82, 2.24) is 0 Å². The van der Waals surface area contributed by atoms with Gasteiger partial charge in [0.2, 0.25) is 0 Å². The van der Waals surface area contributed by atoms with Crippen molar-refractivity contribution in [2.24, 2.45) is 5.73 Å². The lowest BCUT2D eigenvalue weighted by Gasteiger charge is -2.22. The van der Waals surface area contributed by atoms with Gasteiger partial charge in [-0.25, -0.2) is 0 Å². The van der Waals surface area contributed by atoms with E-state index in [1.807, 2.05) is 20.8 Å². The van der Waals surface area contributed by atoms with Gasteiger partial charge in [-0.3, -0.25) is 15.5 Å². The Morgan fingerprint density at radius 2 is 1.89 bits per heavy atom. The van der Waals surface area contributed by atoms with E-state index in [4.69, 9.17) is 16.9 Å². The molecule has 0 spiro atoms. The lowest BCUT2D eigenvalue weighted by Crippen LogP contribution is -2.23. The molecule has 100 valence electrons. The Balaban J connectivity index is 0.00000289. The van der Waals surface area contributed by atoms with E-state index in [1.165, 1.54) is 6.07 Å². The topological polar surface area (TPSA) is 119 Å². The first-order valence-corrected chi connectivity index (χ1v) is 5.08. The fourth-order valence-electron chi connectivity index (χ4n) is 1.70. The van der Waals surface area contributed by atoms with Crippen LogP contribution in [0.15, 0.2) is 12.1 Å². The van der Waals surface area contributed by atoms with Crippen molar-refractivity contribution in [3.63, 3.8) is 0 Å². The van der Waals surface area contributed by atoms with E-state index < -0.39 is 4.92 Å². The average molecular weight is 273 g/mol. The van der Waals surface area contributed by atoms with E-state index in [2.05, 4.69) is 0 Å². The predicted molar refractivity (Wildman–Crippen MR) is 74.5 cm³/mol. The maximum absolute atomic E-state index is 11.0. The van der Waals surface area contributed by atoms with Crippen LogP contribution in [-0.2, 0) is 5.41 Å². The summed E-state index contributed by atoms with van der Waals surface area (Å²) in [4.78, 5) is 10.4. The molecule has 0 saturated heterocycles. The minimum Gasteiger partial charge on any atom is -0.393 e. The Kier molecular flexibility index (Phi) is 4.69. The first-order valence-electron chi connectivity index (χ1n) is 5.08. The summed E-state index contributed by atoms with van der Waals surface area (Å²) in [6, 6.07) is 3.16. The zero-order chi connectivity index (χ0) is 13.4. The highest BCUT2D eigenvalue weighted by atomic mass is 35.5. The van der Waals surface area contributed by atoms with Crippen LogP contribution in [0.25, 0.3) is 0 Å². The van der Waals surface area contributed by atoms with Crippen molar-refractivity contribution >= 4 is 29.6 Å². The third kappa shape index (κ3) is 2.89. The summed E-state index contributed by atoms with van der Waals surface area (Å²) in [5, 5.41) is 18.5. The number of halogens is 1. The van der Waals surface area contributed by atoms with Gasteiger partial charge < -0.3 is 11.5 Å². The number of nitrogens with two attached hydrogens (primary N) is 2. The largest absolute Gasteiger partial charge is 0.393 e. The number of benzene rings is 1. The summed E-state index contributed by atoms with van der Waals surface area (Å²) in [6.45, 7) is 5.69. The Morgan fingerprint density at radius 1 is 1.39 bits per heavy atom. The van der Waals surface area contributed by atoms with Crippen molar-refractivity contribution in [2.75, 3.05) is 5.73 Å². The molecule has 1 rings (SSSR count). The number of nitro benzene ring substituents is 1. The number of rotatable bonds is 2. The third-order valence-corrected chi connectivity index (χ3v) is 2.47. The standard InChI is InChI=1S/C11H16N4O2.ClH/c1-11(2,3)6-4-5-7(12)9(15(16)17)8(6)10(13)14;/h4-5H,12H2,1-3H3,(H3,13,14);1H. The van der Waals surface area contributed by atoms with Crippen LogP contribution < -0.4 is 11.5 Å². The summed E-state index contributed by atoms with van der Waals surface area (Å²) in [7, 11) is 0. The molecular weight excluding hydrogens is 256 g/mol. The number of nitro groups is 1. The first kappa shape index (κ1) is 16.2. The first-order chi connectivity index (χ1) is 7.66. The summed E-state index contributed by atoms with van der Waals surface area (Å²) in [6.07, 6.45) is 0. The van der Waals surface area contributed by atoms with Crippen molar-refractivity contribution in [1.29, 1.82) is 5.41 Å². The molecule has 0 aliphatic rings. The maximum Gasteiger partial charge on any atom is 0.303 e. The lowest BCUT2D eigenvalue weighted by molar-refractivity contribution is -0.384. The molecule has 1 aromatic carbocycles. The molecule has 0 amide bonds. The van der Waals surface area contributed by atoms with Crippen LogP contribution in [0.3, 0.4) is 0 Å². The molecule has 0 fully saturated rings. The second kappa shape index (κ2) is 5.22. The van der Waals surface area contributed by atoms with E-state index in [0.717, 1.165) is 0 Å². The van der Waals surface area contributed by atoms with E-state index in [1.54, 1.807) is 6.07 Å². The van der Waals surface area contributed by atoms with Crippen molar-refractivity contribution < 1.29 is 4.92 Å². The zero-order valence-electron chi connectivity index (χ0n) is 10.5. The van der Waals surface area contributed by atoms with Crippen molar-refractivity contribution in [2.45, 2.75) is 26.2 Å². The van der Waals surface area contributed by atoms with Gasteiger partial charge in [0.05, 0.1) is 10.5 Å². The molecule has 0 heterocycles. The molecule has 18 heavy (non-hydrogen) atoms. The summed E-state index contributed by atoms with van der Waals surface area (Å²) < 4.78 is 0. The summed E-state index contributed by atoms with van der Waals surface area (Å²) in [5.74, 6) is -0.339. The van der Waals surface area contributed by atoms with Crippen molar-refractivity contribution in [3.8, 4) is 0 Å². The number of hydrogen-bond acceptors (Lipinski definition) is 4. The minimum absolute atomic E-state index is 0. The molecule has 7 heteroatoms. The van der Waals surface area contributed by atoms with Crippen LogP contribution in [0, 0.1) is 15.5 Å². The van der Waals surface area contributed by atoms with Crippen LogP contribution in [-0.4, -0.2) is 10.8 Å². The van der Waals surface area contributed by atoms with E-state index in [9.17, 15) is 10.1 Å². The number of hydrogen-bond donors (Lipinski definition) is 3. The SMILES string of the molecule is CC(C)(C)c1ccc(N)c([N+](=O)[O-])c1C(=N)N.Cl. The quantitative estimate of drug-likeness (QED) is 0.251. The second-order valence-corrected chi connectivity index (χ2v) is 4.85. The Hall–Kier alpha value is -1.82. The smallest absolute Gasteiger partial charge is 0.303 e. The molecule has 6 nitrogen and oxygen atoms in total. The lowest BCUT2D eigenvalue weighted by atomic mass is 9.82. The van der Waals surface area contributed by atoms with Gasteiger partial charge in [-0.1, -0.05) is 26.8 Å². The Morgan fingerprint density at radius 3 is 2.22 bits per heavy atom. The van der Waals surface area contributed by atoms with Crippen LogP contribution in [0.4, 0.5) is 11.4 Å². The maximum atomic E-state index is 11.0. The monoisotopic (exact) mass is 272 g/mol. The highest BCUT2D eigenvalue weighted by Crippen LogP contribution is 2.35. The molecule has 1 aromatic rings. The van der Waals surface area contributed by atoms with Gasteiger partial charge in [-0.05, 0) is 17.0 Å². The van der Waals surface area contributed by atoms with Gasteiger partial charge in [0.15, 0.2) is 0 Å². The second-order valence-electron chi connectivity index (χ2n) is 4.85.